The molecule has 2 aromatic rings. The molecule has 1 aromatic heterocycles. The molecule has 0 saturated carbocycles. The third-order valence-electron chi connectivity index (χ3n) is 6.52. The van der Waals surface area contributed by atoms with E-state index in [1.807, 2.05) is 37.3 Å². The molecule has 1 aliphatic heterocycles. The van der Waals surface area contributed by atoms with Crippen LogP contribution < -0.4 is 16.5 Å². The van der Waals surface area contributed by atoms with E-state index in [1.165, 1.54) is 10.6 Å². The van der Waals surface area contributed by atoms with Gasteiger partial charge in [-0.25, -0.2) is 14.4 Å². The summed E-state index contributed by atoms with van der Waals surface area (Å²) in [7, 11) is -3.80. The highest BCUT2D eigenvalue weighted by molar-refractivity contribution is 8.13. The number of aromatic nitrogens is 2. The second kappa shape index (κ2) is 12.9. The van der Waals surface area contributed by atoms with Gasteiger partial charge in [0, 0.05) is 24.4 Å². The summed E-state index contributed by atoms with van der Waals surface area (Å²) in [5, 5.41) is 12.1. The molecule has 1 saturated heterocycles. The fourth-order valence-corrected chi connectivity index (χ4v) is 6.17. The zero-order chi connectivity index (χ0) is 28.0. The second-order valence-corrected chi connectivity index (χ2v) is 13.0. The number of carbonyl (C=O) groups excluding carboxylic acids is 1. The van der Waals surface area contributed by atoms with Gasteiger partial charge in [0.05, 0.1) is 31.3 Å². The van der Waals surface area contributed by atoms with Crippen molar-refractivity contribution in [2.75, 3.05) is 31.3 Å². The number of hydrogen-bond acceptors (Lipinski definition) is 10. The number of aliphatic hydroxyl groups is 1. The molecule has 3 rings (SSSR count). The van der Waals surface area contributed by atoms with Gasteiger partial charge in [-0.15, -0.1) is 0 Å². The highest BCUT2D eigenvalue weighted by Crippen LogP contribution is 2.46. The molecular formula is C25H37N4O7PS. The first-order valence-electron chi connectivity index (χ1n) is 12.4. The van der Waals surface area contributed by atoms with E-state index >= 15 is 0 Å². The largest absolute Gasteiger partial charge is 0.405 e. The predicted molar refractivity (Wildman–Crippen MR) is 146 cm³/mol. The Morgan fingerprint density at radius 2 is 2.05 bits per heavy atom. The van der Waals surface area contributed by atoms with Crippen molar-refractivity contribution < 1.29 is 28.3 Å². The van der Waals surface area contributed by atoms with Crippen molar-refractivity contribution in [2.45, 2.75) is 52.5 Å². The van der Waals surface area contributed by atoms with Crippen LogP contribution in [0, 0.1) is 11.3 Å². The van der Waals surface area contributed by atoms with Crippen LogP contribution in [-0.4, -0.2) is 51.5 Å². The summed E-state index contributed by atoms with van der Waals surface area (Å²) in [6, 6.07) is 10.9. The monoisotopic (exact) mass is 568 g/mol. The van der Waals surface area contributed by atoms with Gasteiger partial charge in [-0.05, 0) is 38.8 Å². The molecular weight excluding hydrogens is 531 g/mol. The molecule has 0 spiro atoms. The minimum absolute atomic E-state index is 0.0108. The molecule has 38 heavy (non-hydrogen) atoms. The number of nitrogens with two attached hydrogens (primary N) is 1. The topological polar surface area (TPSA) is 155 Å². The number of ether oxygens (including phenoxy) is 1. The maximum absolute atomic E-state index is 13.6. The standard InChI is InChI=1S/C25H37N4O7PS/c1-18-14-20(36-25(18,4)29-11-10-21(26)28-23(29)32)16-35-37(33,27-15-19-8-6-5-7-9-19)34-12-13-38-22(31)24(2,3)17-30/h5-11,18,20,30H,12-17H2,1-4H3,(H,27,33)(H2,26,28,32). The molecule has 1 aliphatic rings. The molecule has 4 unspecified atom stereocenters. The first-order chi connectivity index (χ1) is 17.9. The van der Waals surface area contributed by atoms with Crippen LogP contribution in [-0.2, 0) is 35.4 Å². The third-order valence-corrected chi connectivity index (χ3v) is 9.26. The van der Waals surface area contributed by atoms with Crippen molar-refractivity contribution in [3.05, 3.63) is 58.6 Å². The molecule has 0 bridgehead atoms. The maximum atomic E-state index is 13.6. The number of nitrogens with one attached hydrogen (secondary N) is 1. The number of hydrogen-bond donors (Lipinski definition) is 3. The lowest BCUT2D eigenvalue weighted by Gasteiger charge is -2.31. The van der Waals surface area contributed by atoms with E-state index in [0.29, 0.717) is 6.42 Å². The van der Waals surface area contributed by atoms with Crippen LogP contribution in [0.15, 0.2) is 47.4 Å². The summed E-state index contributed by atoms with van der Waals surface area (Å²) in [6.07, 6.45) is 1.64. The Morgan fingerprint density at radius 3 is 2.71 bits per heavy atom. The summed E-state index contributed by atoms with van der Waals surface area (Å²) < 4.78 is 32.7. The van der Waals surface area contributed by atoms with Gasteiger partial charge >= 0.3 is 13.4 Å². The second-order valence-electron chi connectivity index (χ2n) is 10.1. The molecule has 4 N–H and O–H groups in total. The van der Waals surface area contributed by atoms with Crippen molar-refractivity contribution in [1.82, 2.24) is 14.6 Å². The van der Waals surface area contributed by atoms with Gasteiger partial charge < -0.3 is 15.6 Å². The number of nitrogens with zero attached hydrogens (tertiary/aromatic N) is 2. The van der Waals surface area contributed by atoms with Crippen molar-refractivity contribution in [3.63, 3.8) is 0 Å². The van der Waals surface area contributed by atoms with Crippen molar-refractivity contribution in [1.29, 1.82) is 0 Å². The van der Waals surface area contributed by atoms with E-state index in [1.54, 1.807) is 27.0 Å². The normalized spacial score (nSPS) is 23.3. The molecule has 1 aromatic carbocycles. The molecule has 0 aliphatic carbocycles. The van der Waals surface area contributed by atoms with E-state index in [0.717, 1.165) is 17.3 Å². The Bertz CT molecular complexity index is 1200. The Morgan fingerprint density at radius 1 is 1.34 bits per heavy atom. The molecule has 2 heterocycles. The van der Waals surface area contributed by atoms with Crippen LogP contribution in [0.25, 0.3) is 0 Å². The maximum Gasteiger partial charge on any atom is 0.405 e. The number of thioether (sulfide) groups is 1. The van der Waals surface area contributed by atoms with Gasteiger partial charge in [-0.1, -0.05) is 49.0 Å². The quantitative estimate of drug-likeness (QED) is 0.241. The number of anilines is 1. The van der Waals surface area contributed by atoms with Gasteiger partial charge in [0.2, 0.25) is 0 Å². The van der Waals surface area contributed by atoms with Crippen LogP contribution in [0.5, 0.6) is 0 Å². The van der Waals surface area contributed by atoms with Crippen LogP contribution in [0.3, 0.4) is 0 Å². The molecule has 1 fully saturated rings. The average molecular weight is 569 g/mol. The number of aliphatic hydroxyl groups excluding tert-OH is 1. The Balaban J connectivity index is 1.64. The summed E-state index contributed by atoms with van der Waals surface area (Å²) in [5.41, 5.74) is 4.14. The molecule has 11 nitrogen and oxygen atoms in total. The fraction of sp³-hybridized carbons (Fsp3) is 0.560. The van der Waals surface area contributed by atoms with Crippen LogP contribution >= 0.6 is 19.5 Å². The molecule has 13 heteroatoms. The van der Waals surface area contributed by atoms with Crippen LogP contribution in [0.2, 0.25) is 0 Å². The smallest absolute Gasteiger partial charge is 0.395 e. The van der Waals surface area contributed by atoms with Crippen LogP contribution in [0.4, 0.5) is 5.82 Å². The number of rotatable bonds is 13. The lowest BCUT2D eigenvalue weighted by molar-refractivity contribution is -0.119. The molecule has 4 atom stereocenters. The Hall–Kier alpha value is -2.05. The molecule has 0 radical (unpaired) electrons. The van der Waals surface area contributed by atoms with Gasteiger partial charge in [-0.3, -0.25) is 18.4 Å². The van der Waals surface area contributed by atoms with Gasteiger partial charge in [0.25, 0.3) is 0 Å². The van der Waals surface area contributed by atoms with Crippen molar-refractivity contribution in [3.8, 4) is 0 Å². The summed E-state index contributed by atoms with van der Waals surface area (Å²) in [5.74, 6) is 0.293. The summed E-state index contributed by atoms with van der Waals surface area (Å²) in [6.45, 7) is 6.98. The molecule has 210 valence electrons. The number of nitrogen functional groups attached to an aromatic ring is 1. The van der Waals surface area contributed by atoms with E-state index in [4.69, 9.17) is 19.5 Å². The summed E-state index contributed by atoms with van der Waals surface area (Å²) >= 11 is 1.01. The number of carbonyl (C=O) groups is 1. The van der Waals surface area contributed by atoms with E-state index in [2.05, 4.69) is 10.1 Å². The highest BCUT2D eigenvalue weighted by Gasteiger charge is 2.45. The van der Waals surface area contributed by atoms with Crippen molar-refractivity contribution >= 4 is 30.4 Å². The average Bonchev–Trinajstić information content (AvgIpc) is 3.18. The SMILES string of the molecule is CC1CC(COP(=O)(NCc2ccccc2)OCCSC(=O)C(C)(C)CO)OC1(C)n1ccc(N)nc1=O. The Labute approximate surface area is 227 Å². The van der Waals surface area contributed by atoms with Crippen LogP contribution in [0.1, 0.15) is 39.7 Å². The van der Waals surface area contributed by atoms with Gasteiger partial charge in [0.1, 0.15) is 11.5 Å². The first-order valence-corrected chi connectivity index (χ1v) is 14.9. The highest BCUT2D eigenvalue weighted by atomic mass is 32.2. The Kier molecular flexibility index (Phi) is 10.3. The van der Waals surface area contributed by atoms with Gasteiger partial charge in [0.15, 0.2) is 5.12 Å². The van der Waals surface area contributed by atoms with Crippen molar-refractivity contribution in [2.24, 2.45) is 11.3 Å². The zero-order valence-electron chi connectivity index (χ0n) is 22.2. The third kappa shape index (κ3) is 7.75. The van der Waals surface area contributed by atoms with E-state index in [9.17, 15) is 19.3 Å². The van der Waals surface area contributed by atoms with E-state index in [-0.39, 0.29) is 49.0 Å². The lowest BCUT2D eigenvalue weighted by Crippen LogP contribution is -2.43. The molecule has 0 amide bonds. The predicted octanol–water partition coefficient (Wildman–Crippen LogP) is 3.13. The minimum Gasteiger partial charge on any atom is -0.395 e. The first kappa shape index (κ1) is 30.5. The fourth-order valence-electron chi connectivity index (χ4n) is 3.91. The minimum atomic E-state index is -3.80. The number of benzene rings is 1. The van der Waals surface area contributed by atoms with Gasteiger partial charge in [-0.2, -0.15) is 4.98 Å². The zero-order valence-corrected chi connectivity index (χ0v) is 23.9. The van der Waals surface area contributed by atoms with E-state index < -0.39 is 30.7 Å². The lowest BCUT2D eigenvalue weighted by atomic mass is 9.97. The summed E-state index contributed by atoms with van der Waals surface area (Å²) in [4.78, 5) is 28.5.